The third-order valence-corrected chi connectivity index (χ3v) is 3.02. The molecule has 0 bridgehead atoms. The molecule has 1 atom stereocenters. The number of benzene rings is 2. The predicted octanol–water partition coefficient (Wildman–Crippen LogP) is 2.92. The summed E-state index contributed by atoms with van der Waals surface area (Å²) >= 11 is 0. The van der Waals surface area contributed by atoms with Gasteiger partial charge in [-0.15, -0.1) is 0 Å². The van der Waals surface area contributed by atoms with E-state index in [2.05, 4.69) is 0 Å². The standard InChI is InChI=1S/C16H18O3/c1-18-11-12-6-8-13(9-7-12)16(17)14-4-3-5-15(10-14)19-2/h3-10,16-17H,11H2,1-2H3. The van der Waals surface area contributed by atoms with Gasteiger partial charge in [0.15, 0.2) is 0 Å². The molecule has 0 radical (unpaired) electrons. The van der Waals surface area contributed by atoms with Crippen LogP contribution in [0.3, 0.4) is 0 Å². The van der Waals surface area contributed by atoms with E-state index in [0.717, 1.165) is 22.4 Å². The SMILES string of the molecule is COCc1ccc(C(O)c2cccc(OC)c2)cc1. The minimum absolute atomic E-state index is 0.579. The maximum absolute atomic E-state index is 10.3. The third-order valence-electron chi connectivity index (χ3n) is 3.02. The van der Waals surface area contributed by atoms with Crippen LogP contribution in [0.5, 0.6) is 5.75 Å². The number of hydrogen-bond donors (Lipinski definition) is 1. The highest BCUT2D eigenvalue weighted by Gasteiger charge is 2.10. The van der Waals surface area contributed by atoms with Crippen LogP contribution in [0.25, 0.3) is 0 Å². The summed E-state index contributed by atoms with van der Waals surface area (Å²) in [5.74, 6) is 0.743. The summed E-state index contributed by atoms with van der Waals surface area (Å²) in [5, 5.41) is 10.3. The molecule has 3 nitrogen and oxygen atoms in total. The number of aliphatic hydroxyl groups is 1. The van der Waals surface area contributed by atoms with E-state index in [1.807, 2.05) is 48.5 Å². The van der Waals surface area contributed by atoms with Gasteiger partial charge in [0.05, 0.1) is 13.7 Å². The Morgan fingerprint density at radius 2 is 1.74 bits per heavy atom. The van der Waals surface area contributed by atoms with Crippen LogP contribution in [0, 0.1) is 0 Å². The highest BCUT2D eigenvalue weighted by atomic mass is 16.5. The average molecular weight is 258 g/mol. The summed E-state index contributed by atoms with van der Waals surface area (Å²) in [6.45, 7) is 0.579. The van der Waals surface area contributed by atoms with Gasteiger partial charge in [-0.1, -0.05) is 36.4 Å². The minimum atomic E-state index is -0.647. The lowest BCUT2D eigenvalue weighted by Crippen LogP contribution is -2.00. The van der Waals surface area contributed by atoms with Gasteiger partial charge in [-0.3, -0.25) is 0 Å². The van der Waals surface area contributed by atoms with Crippen LogP contribution in [0.1, 0.15) is 22.8 Å². The molecule has 0 saturated carbocycles. The molecule has 1 N–H and O–H groups in total. The van der Waals surface area contributed by atoms with Crippen LogP contribution >= 0.6 is 0 Å². The van der Waals surface area contributed by atoms with Crippen LogP contribution < -0.4 is 4.74 Å². The zero-order valence-electron chi connectivity index (χ0n) is 11.2. The second kappa shape index (κ2) is 6.36. The van der Waals surface area contributed by atoms with E-state index in [1.165, 1.54) is 0 Å². The Bertz CT molecular complexity index is 520. The summed E-state index contributed by atoms with van der Waals surface area (Å²) in [4.78, 5) is 0. The van der Waals surface area contributed by atoms with Crippen LogP contribution in [-0.2, 0) is 11.3 Å². The monoisotopic (exact) mass is 258 g/mol. The van der Waals surface area contributed by atoms with Gasteiger partial charge in [0.1, 0.15) is 11.9 Å². The van der Waals surface area contributed by atoms with Crippen molar-refractivity contribution in [1.82, 2.24) is 0 Å². The molecular formula is C16H18O3. The second-order valence-corrected chi connectivity index (χ2v) is 4.35. The molecule has 3 heteroatoms. The fraction of sp³-hybridized carbons (Fsp3) is 0.250. The fourth-order valence-electron chi connectivity index (χ4n) is 1.97. The number of aliphatic hydroxyl groups excluding tert-OH is 1. The van der Waals surface area contributed by atoms with Gasteiger partial charge in [0.25, 0.3) is 0 Å². The summed E-state index contributed by atoms with van der Waals surface area (Å²) in [5.41, 5.74) is 2.76. The first kappa shape index (κ1) is 13.6. The van der Waals surface area contributed by atoms with Gasteiger partial charge in [-0.25, -0.2) is 0 Å². The van der Waals surface area contributed by atoms with Crippen LogP contribution in [-0.4, -0.2) is 19.3 Å². The Hall–Kier alpha value is -1.84. The van der Waals surface area contributed by atoms with Crippen molar-refractivity contribution >= 4 is 0 Å². The molecule has 0 fully saturated rings. The topological polar surface area (TPSA) is 38.7 Å². The molecule has 2 aromatic rings. The summed E-state index contributed by atoms with van der Waals surface area (Å²) in [7, 11) is 3.28. The first-order chi connectivity index (χ1) is 9.24. The Kier molecular flexibility index (Phi) is 4.55. The number of rotatable bonds is 5. The largest absolute Gasteiger partial charge is 0.497 e. The van der Waals surface area contributed by atoms with E-state index in [1.54, 1.807) is 14.2 Å². The molecule has 1 unspecified atom stereocenters. The molecule has 0 aromatic heterocycles. The van der Waals surface area contributed by atoms with Crippen molar-refractivity contribution in [1.29, 1.82) is 0 Å². The zero-order chi connectivity index (χ0) is 13.7. The lowest BCUT2D eigenvalue weighted by molar-refractivity contribution is 0.184. The smallest absolute Gasteiger partial charge is 0.119 e. The van der Waals surface area contributed by atoms with Crippen molar-refractivity contribution < 1.29 is 14.6 Å². The van der Waals surface area contributed by atoms with Crippen molar-refractivity contribution in [3.05, 3.63) is 65.2 Å². The molecule has 0 spiro atoms. The predicted molar refractivity (Wildman–Crippen MR) is 74.2 cm³/mol. The Labute approximate surface area is 113 Å². The van der Waals surface area contributed by atoms with Gasteiger partial charge in [0, 0.05) is 7.11 Å². The molecular weight excluding hydrogens is 240 g/mol. The molecule has 0 amide bonds. The van der Waals surface area contributed by atoms with Crippen LogP contribution in [0.2, 0.25) is 0 Å². The molecule has 100 valence electrons. The molecule has 0 aliphatic carbocycles. The normalized spacial score (nSPS) is 12.2. The first-order valence-electron chi connectivity index (χ1n) is 6.14. The summed E-state index contributed by atoms with van der Waals surface area (Å²) in [6.07, 6.45) is -0.647. The highest BCUT2D eigenvalue weighted by molar-refractivity contribution is 5.36. The molecule has 19 heavy (non-hydrogen) atoms. The Morgan fingerprint density at radius 1 is 1.00 bits per heavy atom. The van der Waals surface area contributed by atoms with E-state index in [0.29, 0.717) is 6.61 Å². The molecule has 0 heterocycles. The van der Waals surface area contributed by atoms with Gasteiger partial charge in [-0.05, 0) is 28.8 Å². The zero-order valence-corrected chi connectivity index (χ0v) is 11.2. The summed E-state index contributed by atoms with van der Waals surface area (Å²) in [6, 6.07) is 15.2. The van der Waals surface area contributed by atoms with Crippen molar-refractivity contribution in [3.63, 3.8) is 0 Å². The van der Waals surface area contributed by atoms with Gasteiger partial charge < -0.3 is 14.6 Å². The van der Waals surface area contributed by atoms with E-state index >= 15 is 0 Å². The first-order valence-corrected chi connectivity index (χ1v) is 6.14. The van der Waals surface area contributed by atoms with E-state index < -0.39 is 6.10 Å². The molecule has 0 aliphatic rings. The lowest BCUT2D eigenvalue weighted by atomic mass is 10.0. The van der Waals surface area contributed by atoms with Crippen molar-refractivity contribution in [2.24, 2.45) is 0 Å². The van der Waals surface area contributed by atoms with E-state index in [4.69, 9.17) is 9.47 Å². The second-order valence-electron chi connectivity index (χ2n) is 4.35. The number of ether oxygens (including phenoxy) is 2. The molecule has 0 aliphatic heterocycles. The van der Waals surface area contributed by atoms with Crippen LogP contribution in [0.4, 0.5) is 0 Å². The maximum atomic E-state index is 10.3. The van der Waals surface area contributed by atoms with Gasteiger partial charge in [0.2, 0.25) is 0 Å². The van der Waals surface area contributed by atoms with Crippen LogP contribution in [0.15, 0.2) is 48.5 Å². The van der Waals surface area contributed by atoms with Crippen molar-refractivity contribution in [2.75, 3.05) is 14.2 Å². The van der Waals surface area contributed by atoms with E-state index in [-0.39, 0.29) is 0 Å². The quantitative estimate of drug-likeness (QED) is 0.896. The van der Waals surface area contributed by atoms with E-state index in [9.17, 15) is 5.11 Å². The van der Waals surface area contributed by atoms with Crippen molar-refractivity contribution in [2.45, 2.75) is 12.7 Å². The summed E-state index contributed by atoms with van der Waals surface area (Å²) < 4.78 is 10.2. The Balaban J connectivity index is 2.20. The van der Waals surface area contributed by atoms with Gasteiger partial charge >= 0.3 is 0 Å². The average Bonchev–Trinajstić information content (AvgIpc) is 2.48. The third kappa shape index (κ3) is 3.34. The number of hydrogen-bond acceptors (Lipinski definition) is 3. The number of methoxy groups -OCH3 is 2. The lowest BCUT2D eigenvalue weighted by Gasteiger charge is -2.13. The van der Waals surface area contributed by atoms with Crippen molar-refractivity contribution in [3.8, 4) is 5.75 Å². The highest BCUT2D eigenvalue weighted by Crippen LogP contribution is 2.25. The Morgan fingerprint density at radius 3 is 2.37 bits per heavy atom. The fourth-order valence-corrected chi connectivity index (χ4v) is 1.97. The van der Waals surface area contributed by atoms with Gasteiger partial charge in [-0.2, -0.15) is 0 Å². The maximum Gasteiger partial charge on any atom is 0.119 e. The minimum Gasteiger partial charge on any atom is -0.497 e. The molecule has 2 aromatic carbocycles. The molecule has 0 saturated heterocycles. The molecule has 2 rings (SSSR count).